The third-order valence-electron chi connectivity index (χ3n) is 0.824. The van der Waals surface area contributed by atoms with Crippen molar-refractivity contribution >= 4 is 34.8 Å². The van der Waals surface area contributed by atoms with Crippen molar-refractivity contribution in [3.8, 4) is 0 Å². The van der Waals surface area contributed by atoms with E-state index >= 15 is 0 Å². The Balaban J connectivity index is 0.000000371. The van der Waals surface area contributed by atoms with Gasteiger partial charge in [-0.25, -0.2) is 0 Å². The summed E-state index contributed by atoms with van der Waals surface area (Å²) in [5.41, 5.74) is 0. The van der Waals surface area contributed by atoms with Crippen LogP contribution in [0.15, 0.2) is 24.3 Å². The maximum absolute atomic E-state index is 5.58. The van der Waals surface area contributed by atoms with E-state index in [2.05, 4.69) is 11.6 Å². The molecule has 0 aliphatic carbocycles. The van der Waals surface area contributed by atoms with E-state index in [9.17, 15) is 0 Å². The lowest BCUT2D eigenvalue weighted by molar-refractivity contribution is 1.71. The highest BCUT2D eigenvalue weighted by Gasteiger charge is 1.89. The first kappa shape index (κ1) is 10.1. The van der Waals surface area contributed by atoms with Gasteiger partial charge in [0.15, 0.2) is 0 Å². The Morgan fingerprint density at radius 3 is 1.40 bits per heavy atom. The van der Waals surface area contributed by atoms with E-state index in [0.717, 1.165) is 0 Å². The van der Waals surface area contributed by atoms with Crippen LogP contribution in [0.1, 0.15) is 0 Å². The van der Waals surface area contributed by atoms with Crippen LogP contribution < -0.4 is 0 Å². The Morgan fingerprint density at radius 1 is 0.900 bits per heavy atom. The summed E-state index contributed by atoms with van der Waals surface area (Å²) < 4.78 is 0. The van der Waals surface area contributed by atoms with Crippen LogP contribution in [0, 0.1) is 0 Å². The maximum atomic E-state index is 5.58. The minimum Gasteiger partial charge on any atom is -0.130 e. The highest BCUT2D eigenvalue weighted by Crippen LogP contribution is 2.19. The molecule has 0 amide bonds. The average molecular weight is 197 g/mol. The molecule has 0 fully saturated rings. The minimum atomic E-state index is 0.606. The number of benzene rings is 1. The Hall–Kier alpha value is 0.0900. The van der Waals surface area contributed by atoms with Gasteiger partial charge in [0.25, 0.3) is 0 Å². The molecule has 0 radical (unpaired) electrons. The molecule has 0 unspecified atom stereocenters. The fourth-order valence-electron chi connectivity index (χ4n) is 0.439. The second kappa shape index (κ2) is 5.84. The van der Waals surface area contributed by atoms with E-state index in [1.54, 1.807) is 12.1 Å². The van der Waals surface area contributed by atoms with Crippen molar-refractivity contribution in [2.75, 3.05) is 6.38 Å². The fraction of sp³-hybridized carbons (Fsp3) is 0.143. The molecule has 3 heteroatoms. The number of hydrogen-bond acceptors (Lipinski definition) is 0. The molecule has 0 nitrogen and oxygen atoms in total. The van der Waals surface area contributed by atoms with Crippen molar-refractivity contribution < 1.29 is 0 Å². The number of halogens is 3. The van der Waals surface area contributed by atoms with Gasteiger partial charge in [-0.1, -0.05) is 35.3 Å². The van der Waals surface area contributed by atoms with Crippen molar-refractivity contribution in [1.82, 2.24) is 0 Å². The van der Waals surface area contributed by atoms with Crippen LogP contribution in [0.3, 0.4) is 0 Å². The van der Waals surface area contributed by atoms with Gasteiger partial charge < -0.3 is 0 Å². The van der Waals surface area contributed by atoms with Gasteiger partial charge in [-0.05, 0) is 12.1 Å². The Bertz CT molecular complexity index is 165. The van der Waals surface area contributed by atoms with E-state index in [1.807, 2.05) is 12.1 Å². The second-order valence-electron chi connectivity index (χ2n) is 1.41. The van der Waals surface area contributed by atoms with Crippen LogP contribution in [0.5, 0.6) is 0 Å². The summed E-state index contributed by atoms with van der Waals surface area (Å²) in [4.78, 5) is 0. The van der Waals surface area contributed by atoms with Gasteiger partial charge in [0.05, 0.1) is 10.0 Å². The summed E-state index contributed by atoms with van der Waals surface area (Å²) >= 11 is 15.8. The van der Waals surface area contributed by atoms with Gasteiger partial charge in [-0.2, -0.15) is 0 Å². The van der Waals surface area contributed by atoms with Crippen molar-refractivity contribution in [1.29, 1.82) is 0 Å². The van der Waals surface area contributed by atoms with Gasteiger partial charge >= 0.3 is 0 Å². The van der Waals surface area contributed by atoms with Gasteiger partial charge in [0.2, 0.25) is 0 Å². The molecule has 0 aliphatic heterocycles. The summed E-state index contributed by atoms with van der Waals surface area (Å²) in [6.07, 6.45) is 1.47. The lowest BCUT2D eigenvalue weighted by atomic mass is 10.4. The van der Waals surface area contributed by atoms with E-state index < -0.39 is 0 Å². The van der Waals surface area contributed by atoms with Crippen LogP contribution in [0.2, 0.25) is 10.0 Å². The highest BCUT2D eigenvalue weighted by atomic mass is 35.5. The molecule has 0 bridgehead atoms. The molecule has 1 aromatic carbocycles. The fourth-order valence-corrected chi connectivity index (χ4v) is 0.711. The molecule has 0 atom stereocenters. The van der Waals surface area contributed by atoms with Crippen LogP contribution in [0.4, 0.5) is 0 Å². The van der Waals surface area contributed by atoms with Crippen molar-refractivity contribution in [2.45, 2.75) is 0 Å². The summed E-state index contributed by atoms with van der Waals surface area (Å²) in [6, 6.07) is 7.19. The molecule has 0 saturated carbocycles. The smallest absolute Gasteiger partial charge is 0.0592 e. The lowest BCUT2D eigenvalue weighted by Crippen LogP contribution is -1.62. The summed E-state index contributed by atoms with van der Waals surface area (Å²) in [6.45, 7) is 0. The Labute approximate surface area is 75.7 Å². The van der Waals surface area contributed by atoms with Gasteiger partial charge in [0, 0.05) is 6.38 Å². The Kier molecular flexibility index (Phi) is 5.90. The van der Waals surface area contributed by atoms with E-state index in [4.69, 9.17) is 23.2 Å². The molecule has 56 valence electrons. The van der Waals surface area contributed by atoms with E-state index in [1.165, 1.54) is 6.38 Å². The molecule has 0 heterocycles. The van der Waals surface area contributed by atoms with E-state index in [0.29, 0.717) is 10.0 Å². The third-order valence-corrected chi connectivity index (χ3v) is 1.58. The molecule has 0 aromatic heterocycles. The monoisotopic (exact) mass is 196 g/mol. The summed E-state index contributed by atoms with van der Waals surface area (Å²) in [5, 5.41) is 1.21. The van der Waals surface area contributed by atoms with E-state index in [-0.39, 0.29) is 0 Å². The second-order valence-corrected chi connectivity index (χ2v) is 2.23. The zero-order valence-electron chi connectivity index (χ0n) is 5.44. The standard InChI is InChI=1S/C6H4Cl2.CH3Cl/c7-5-3-1-2-4-6(5)8;1-2/h1-4H;1H3. The Morgan fingerprint density at radius 2 is 1.20 bits per heavy atom. The minimum absolute atomic E-state index is 0.606. The molecular formula is C7H7Cl3. The largest absolute Gasteiger partial charge is 0.130 e. The summed E-state index contributed by atoms with van der Waals surface area (Å²) in [7, 11) is 0. The number of rotatable bonds is 0. The van der Waals surface area contributed by atoms with Gasteiger partial charge in [-0.3, -0.25) is 0 Å². The van der Waals surface area contributed by atoms with Crippen LogP contribution >= 0.6 is 34.8 Å². The molecule has 0 saturated heterocycles. The first-order valence-electron chi connectivity index (χ1n) is 2.58. The molecule has 0 spiro atoms. The topological polar surface area (TPSA) is 0 Å². The SMILES string of the molecule is CCl.Clc1ccccc1Cl. The lowest BCUT2D eigenvalue weighted by Gasteiger charge is -1.88. The van der Waals surface area contributed by atoms with Crippen molar-refractivity contribution in [3.63, 3.8) is 0 Å². The number of alkyl halides is 1. The van der Waals surface area contributed by atoms with Gasteiger partial charge in [0.1, 0.15) is 0 Å². The predicted octanol–water partition coefficient (Wildman–Crippen LogP) is 3.85. The quantitative estimate of drug-likeness (QED) is 0.554. The summed E-state index contributed by atoms with van der Waals surface area (Å²) in [5.74, 6) is 0. The molecule has 0 aliphatic rings. The predicted molar refractivity (Wildman–Crippen MR) is 48.2 cm³/mol. The van der Waals surface area contributed by atoms with Gasteiger partial charge in [-0.15, -0.1) is 11.6 Å². The molecule has 0 N–H and O–H groups in total. The van der Waals surface area contributed by atoms with Crippen LogP contribution in [-0.2, 0) is 0 Å². The normalized spacial score (nSPS) is 8.00. The zero-order chi connectivity index (χ0) is 7.98. The average Bonchev–Trinajstić information content (AvgIpc) is 2.00. The molecule has 1 rings (SSSR count). The number of hydrogen-bond donors (Lipinski definition) is 0. The maximum Gasteiger partial charge on any atom is 0.0592 e. The first-order chi connectivity index (χ1) is 4.80. The molecule has 1 aromatic rings. The van der Waals surface area contributed by atoms with Crippen molar-refractivity contribution in [2.24, 2.45) is 0 Å². The molecular weight excluding hydrogens is 190 g/mol. The van der Waals surface area contributed by atoms with Crippen LogP contribution in [-0.4, -0.2) is 6.38 Å². The highest BCUT2D eigenvalue weighted by molar-refractivity contribution is 6.41. The zero-order valence-corrected chi connectivity index (χ0v) is 7.71. The third kappa shape index (κ3) is 3.31. The van der Waals surface area contributed by atoms with Crippen LogP contribution in [0.25, 0.3) is 0 Å². The molecule has 10 heavy (non-hydrogen) atoms. The first-order valence-corrected chi connectivity index (χ1v) is 4.10. The van der Waals surface area contributed by atoms with Crippen molar-refractivity contribution in [3.05, 3.63) is 34.3 Å².